The highest BCUT2D eigenvalue weighted by Crippen LogP contribution is 2.36. The molecule has 0 amide bonds. The van der Waals surface area contributed by atoms with Gasteiger partial charge in [-0.25, -0.2) is 5.32 Å². The Bertz CT molecular complexity index is 670. The van der Waals surface area contributed by atoms with Gasteiger partial charge in [-0.2, -0.15) is 0 Å². The Balaban J connectivity index is 1.45. The largest absolute Gasteiger partial charge is 0.490 e. The molecule has 2 aromatic rings. The molecule has 22 heavy (non-hydrogen) atoms. The van der Waals surface area contributed by atoms with E-state index in [-0.39, 0.29) is 0 Å². The maximum Gasteiger partial charge on any atom is 0.198 e. The zero-order valence-electron chi connectivity index (χ0n) is 12.4. The van der Waals surface area contributed by atoms with Crippen LogP contribution in [0.2, 0.25) is 0 Å². The van der Waals surface area contributed by atoms with Crippen LogP contribution in [-0.2, 0) is 6.54 Å². The van der Waals surface area contributed by atoms with E-state index in [0.717, 1.165) is 30.2 Å². The summed E-state index contributed by atoms with van der Waals surface area (Å²) in [6, 6.07) is 14.3. The molecule has 0 aromatic heterocycles. The van der Waals surface area contributed by atoms with E-state index < -0.39 is 0 Å². The van der Waals surface area contributed by atoms with Gasteiger partial charge in [0, 0.05) is 13.1 Å². The van der Waals surface area contributed by atoms with Crippen LogP contribution in [0.1, 0.15) is 11.1 Å². The molecule has 1 aliphatic heterocycles. The molecule has 0 spiro atoms. The molecule has 0 saturated heterocycles. The molecule has 0 aliphatic carbocycles. The van der Waals surface area contributed by atoms with Gasteiger partial charge in [-0.15, -0.1) is 0 Å². The van der Waals surface area contributed by atoms with E-state index in [0.29, 0.717) is 11.7 Å². The third-order valence-corrected chi connectivity index (χ3v) is 3.63. The summed E-state index contributed by atoms with van der Waals surface area (Å²) in [5.74, 6) is 0.766. The van der Waals surface area contributed by atoms with E-state index in [1.54, 1.807) is 0 Å². The fourth-order valence-corrected chi connectivity index (χ4v) is 2.47. The molecule has 2 N–H and O–H groups in total. The normalized spacial score (nSPS) is 12.5. The van der Waals surface area contributed by atoms with Crippen molar-refractivity contribution < 1.29 is 4.74 Å². The van der Waals surface area contributed by atoms with Gasteiger partial charge in [0.2, 0.25) is 0 Å². The van der Waals surface area contributed by atoms with Crippen molar-refractivity contribution in [3.8, 4) is 5.75 Å². The first-order valence-electron chi connectivity index (χ1n) is 7.27. The molecule has 3 rings (SSSR count). The second-order valence-corrected chi connectivity index (χ2v) is 5.59. The van der Waals surface area contributed by atoms with Crippen molar-refractivity contribution in [2.24, 2.45) is 0 Å². The highest BCUT2D eigenvalue weighted by molar-refractivity contribution is 7.80. The minimum absolute atomic E-state index is 0.489. The summed E-state index contributed by atoms with van der Waals surface area (Å²) in [5.41, 5.74) is 4.26. The van der Waals surface area contributed by atoms with Crippen LogP contribution in [0.3, 0.4) is 0 Å². The third kappa shape index (κ3) is 3.55. The number of aryl methyl sites for hydroxylation is 1. The van der Waals surface area contributed by atoms with Crippen molar-refractivity contribution in [1.29, 1.82) is 0 Å². The fourth-order valence-electron chi connectivity index (χ4n) is 2.27. The molecule has 4 nitrogen and oxygen atoms in total. The number of nitrogens with zero attached hydrogens (tertiary/aromatic N) is 1. The number of anilines is 1. The number of rotatable bonds is 6. The van der Waals surface area contributed by atoms with Gasteiger partial charge in [0.25, 0.3) is 0 Å². The zero-order valence-corrected chi connectivity index (χ0v) is 13.2. The summed E-state index contributed by atoms with van der Waals surface area (Å²) in [7, 11) is 0. The first-order valence-corrected chi connectivity index (χ1v) is 7.68. The highest BCUT2D eigenvalue weighted by atomic mass is 32.1. The Morgan fingerprint density at radius 3 is 2.82 bits per heavy atom. The summed E-state index contributed by atoms with van der Waals surface area (Å²) in [6.45, 7) is 4.29. The molecule has 5 heteroatoms. The predicted molar refractivity (Wildman–Crippen MR) is 92.8 cm³/mol. The number of ether oxygens (including phenoxy) is 1. The Kier molecular flexibility index (Phi) is 4.56. The maximum absolute atomic E-state index is 5.80. The van der Waals surface area contributed by atoms with Crippen LogP contribution in [0.15, 0.2) is 42.5 Å². The monoisotopic (exact) mass is 312 g/mol. The fraction of sp³-hybridized carbons (Fsp3) is 0.235. The van der Waals surface area contributed by atoms with Crippen molar-refractivity contribution in [2.45, 2.75) is 13.5 Å². The average Bonchev–Trinajstić information content (AvgIpc) is 2.90. The van der Waals surface area contributed by atoms with E-state index >= 15 is 0 Å². The van der Waals surface area contributed by atoms with Gasteiger partial charge in [0.15, 0.2) is 5.11 Å². The lowest BCUT2D eigenvalue weighted by Crippen LogP contribution is -2.20. The zero-order chi connectivity index (χ0) is 15.4. The lowest BCUT2D eigenvalue weighted by Gasteiger charge is -2.10. The van der Waals surface area contributed by atoms with Gasteiger partial charge in [0.05, 0.1) is 5.69 Å². The molecule has 0 atom stereocenters. The van der Waals surface area contributed by atoms with E-state index in [1.807, 2.05) is 18.2 Å². The molecule has 1 aliphatic rings. The van der Waals surface area contributed by atoms with Gasteiger partial charge < -0.3 is 15.4 Å². The van der Waals surface area contributed by atoms with Gasteiger partial charge in [-0.3, -0.25) is 0 Å². The summed E-state index contributed by atoms with van der Waals surface area (Å²) < 4.78 is 5.80. The van der Waals surface area contributed by atoms with Crippen LogP contribution >= 0.6 is 12.2 Å². The molecule has 0 fully saturated rings. The molecule has 0 bridgehead atoms. The van der Waals surface area contributed by atoms with E-state index in [1.165, 1.54) is 11.1 Å². The number of hydrogen-bond acceptors (Lipinski definition) is 3. The Morgan fingerprint density at radius 2 is 2.00 bits per heavy atom. The number of para-hydroxylation sites is 1. The maximum atomic E-state index is 5.80. The molecular weight excluding hydrogens is 294 g/mol. The van der Waals surface area contributed by atoms with Gasteiger partial charge >= 0.3 is 0 Å². The van der Waals surface area contributed by atoms with Gasteiger partial charge in [-0.1, -0.05) is 35.9 Å². The van der Waals surface area contributed by atoms with Crippen molar-refractivity contribution in [3.05, 3.63) is 53.6 Å². The van der Waals surface area contributed by atoms with E-state index in [9.17, 15) is 0 Å². The second-order valence-electron chi connectivity index (χ2n) is 5.21. The lowest BCUT2D eigenvalue weighted by molar-refractivity contribution is 0.314. The topological polar surface area (TPSA) is 47.4 Å². The molecule has 0 saturated carbocycles. The van der Waals surface area contributed by atoms with Gasteiger partial charge in [0.1, 0.15) is 18.0 Å². The highest BCUT2D eigenvalue weighted by Gasteiger charge is 2.19. The van der Waals surface area contributed by atoms with Gasteiger partial charge in [-0.05, 0) is 36.8 Å². The Morgan fingerprint density at radius 1 is 1.18 bits per heavy atom. The van der Waals surface area contributed by atoms with Crippen LogP contribution in [-0.4, -0.2) is 18.3 Å². The number of nitrogens with one attached hydrogen (secondary N) is 2. The minimum atomic E-state index is 0.489. The molecule has 113 valence electrons. The number of thiocarbonyl (C=S) groups is 1. The van der Waals surface area contributed by atoms with Crippen molar-refractivity contribution >= 4 is 28.7 Å². The summed E-state index contributed by atoms with van der Waals surface area (Å²) in [4.78, 5) is 0. The number of fused-ring (bicyclic) bond motifs is 1. The van der Waals surface area contributed by atoms with Crippen LogP contribution in [0.25, 0.3) is 0 Å². The molecule has 1 radical (unpaired) electrons. The quantitative estimate of drug-likeness (QED) is 0.635. The van der Waals surface area contributed by atoms with E-state index in [2.05, 4.69) is 47.1 Å². The minimum Gasteiger partial charge on any atom is -0.490 e. The predicted octanol–water partition coefficient (Wildman–Crippen LogP) is 3.11. The van der Waals surface area contributed by atoms with Crippen molar-refractivity contribution in [1.82, 2.24) is 10.6 Å². The van der Waals surface area contributed by atoms with Crippen LogP contribution < -0.4 is 20.7 Å². The molecule has 1 heterocycles. The number of hydrogen-bond donors (Lipinski definition) is 2. The molecular formula is C17H18N3OS. The van der Waals surface area contributed by atoms with Crippen molar-refractivity contribution in [2.75, 3.05) is 18.5 Å². The Hall–Kier alpha value is -2.11. The number of benzene rings is 2. The molecule has 0 unspecified atom stereocenters. The first-order chi connectivity index (χ1) is 10.7. The molecule has 2 aromatic carbocycles. The second kappa shape index (κ2) is 6.77. The van der Waals surface area contributed by atoms with Crippen LogP contribution in [0, 0.1) is 6.92 Å². The smallest absolute Gasteiger partial charge is 0.198 e. The van der Waals surface area contributed by atoms with Crippen LogP contribution in [0.5, 0.6) is 5.75 Å². The Labute approximate surface area is 135 Å². The average molecular weight is 312 g/mol. The van der Waals surface area contributed by atoms with Crippen molar-refractivity contribution in [3.63, 3.8) is 0 Å². The standard InChI is InChI=1S/C17H18N3OS/c1-12-5-7-13(8-6-12)11-18-9-10-21-15-4-2-3-14-16(15)20-17(22)19-14/h2-8,18H,9-11H2,1H3,(H,19,22). The SMILES string of the molecule is Cc1ccc(CNCCOc2cccc3c2[N]C(=S)N3)cc1. The van der Waals surface area contributed by atoms with Crippen LogP contribution in [0.4, 0.5) is 11.4 Å². The lowest BCUT2D eigenvalue weighted by atomic mass is 10.1. The summed E-state index contributed by atoms with van der Waals surface area (Å²) >= 11 is 5.06. The van der Waals surface area contributed by atoms with E-state index in [4.69, 9.17) is 17.0 Å². The first kappa shape index (κ1) is 14.8. The summed E-state index contributed by atoms with van der Waals surface area (Å²) in [5, 5.41) is 11.2. The summed E-state index contributed by atoms with van der Waals surface area (Å²) in [6.07, 6.45) is 0. The third-order valence-electron chi connectivity index (χ3n) is 3.44.